The first-order chi connectivity index (χ1) is 6.86. The minimum absolute atomic E-state index is 0.272. The Morgan fingerprint density at radius 3 is 3.21 bits per heavy atom. The molecule has 1 aliphatic rings. The Balaban J connectivity index is 1.74. The topological polar surface area (TPSA) is 34.4 Å². The van der Waals surface area contributed by atoms with Gasteiger partial charge in [0, 0.05) is 13.2 Å². The summed E-state index contributed by atoms with van der Waals surface area (Å²) >= 11 is 0. The van der Waals surface area contributed by atoms with E-state index in [9.17, 15) is 0 Å². The van der Waals surface area contributed by atoms with E-state index in [-0.39, 0.29) is 6.04 Å². The molecule has 1 saturated heterocycles. The van der Waals surface area contributed by atoms with Gasteiger partial charge in [0.05, 0.1) is 18.4 Å². The number of hydrogen-bond acceptors (Lipinski definition) is 3. The first-order valence-corrected chi connectivity index (χ1v) is 5.24. The molecule has 0 aromatic carbocycles. The van der Waals surface area contributed by atoms with Crippen LogP contribution in [0.2, 0.25) is 0 Å². The van der Waals surface area contributed by atoms with E-state index in [1.807, 2.05) is 12.1 Å². The third-order valence-electron chi connectivity index (χ3n) is 2.65. The van der Waals surface area contributed by atoms with Gasteiger partial charge in [-0.05, 0) is 31.9 Å². The lowest BCUT2D eigenvalue weighted by Gasteiger charge is -2.14. The van der Waals surface area contributed by atoms with Crippen LogP contribution < -0.4 is 5.32 Å². The highest BCUT2D eigenvalue weighted by Crippen LogP contribution is 2.15. The SMILES string of the molecule is C[C@H](NC[C@H]1CCCO1)c1ccco1. The Morgan fingerprint density at radius 2 is 2.57 bits per heavy atom. The van der Waals surface area contributed by atoms with E-state index in [0.717, 1.165) is 18.9 Å². The van der Waals surface area contributed by atoms with E-state index in [2.05, 4.69) is 12.2 Å². The fourth-order valence-electron chi connectivity index (χ4n) is 1.75. The molecule has 2 heterocycles. The van der Waals surface area contributed by atoms with E-state index < -0.39 is 0 Å². The van der Waals surface area contributed by atoms with Gasteiger partial charge in [0.25, 0.3) is 0 Å². The molecule has 1 fully saturated rings. The number of hydrogen-bond donors (Lipinski definition) is 1. The predicted molar refractivity (Wildman–Crippen MR) is 54.1 cm³/mol. The highest BCUT2D eigenvalue weighted by atomic mass is 16.5. The summed E-state index contributed by atoms with van der Waals surface area (Å²) in [5, 5.41) is 3.41. The summed E-state index contributed by atoms with van der Waals surface area (Å²) in [4.78, 5) is 0. The molecular formula is C11H17NO2. The van der Waals surface area contributed by atoms with Crippen LogP contribution in [0.1, 0.15) is 31.6 Å². The summed E-state index contributed by atoms with van der Waals surface area (Å²) in [6.45, 7) is 3.94. The molecule has 3 heteroatoms. The van der Waals surface area contributed by atoms with Gasteiger partial charge >= 0.3 is 0 Å². The highest BCUT2D eigenvalue weighted by molar-refractivity contribution is 5.02. The lowest BCUT2D eigenvalue weighted by atomic mass is 10.2. The van der Waals surface area contributed by atoms with Gasteiger partial charge in [0.2, 0.25) is 0 Å². The van der Waals surface area contributed by atoms with E-state index in [1.165, 1.54) is 12.8 Å². The van der Waals surface area contributed by atoms with Crippen LogP contribution in [0.3, 0.4) is 0 Å². The second-order valence-electron chi connectivity index (χ2n) is 3.78. The molecule has 14 heavy (non-hydrogen) atoms. The molecule has 3 nitrogen and oxygen atoms in total. The molecule has 1 aromatic rings. The smallest absolute Gasteiger partial charge is 0.120 e. The minimum atomic E-state index is 0.272. The van der Waals surface area contributed by atoms with E-state index in [1.54, 1.807) is 6.26 Å². The average molecular weight is 195 g/mol. The van der Waals surface area contributed by atoms with Crippen molar-refractivity contribution >= 4 is 0 Å². The molecule has 0 unspecified atom stereocenters. The zero-order valence-electron chi connectivity index (χ0n) is 8.53. The molecule has 0 bridgehead atoms. The van der Waals surface area contributed by atoms with Crippen LogP contribution in [0.15, 0.2) is 22.8 Å². The lowest BCUT2D eigenvalue weighted by Crippen LogP contribution is -2.28. The Morgan fingerprint density at radius 1 is 1.64 bits per heavy atom. The van der Waals surface area contributed by atoms with Crippen molar-refractivity contribution in [2.45, 2.75) is 31.9 Å². The molecule has 0 spiro atoms. The fourth-order valence-corrected chi connectivity index (χ4v) is 1.75. The van der Waals surface area contributed by atoms with E-state index in [0.29, 0.717) is 6.10 Å². The van der Waals surface area contributed by atoms with Crippen LogP contribution in [0.25, 0.3) is 0 Å². The Hall–Kier alpha value is -0.800. The molecule has 2 rings (SSSR count). The maximum atomic E-state index is 5.53. The standard InChI is InChI=1S/C11H17NO2/c1-9(11-5-3-7-14-11)12-8-10-4-2-6-13-10/h3,5,7,9-10,12H,2,4,6,8H2,1H3/t9-,10+/m0/s1. The van der Waals surface area contributed by atoms with Crippen molar-refractivity contribution in [2.24, 2.45) is 0 Å². The molecule has 1 aliphatic heterocycles. The molecule has 1 N–H and O–H groups in total. The van der Waals surface area contributed by atoms with Gasteiger partial charge in [-0.2, -0.15) is 0 Å². The maximum absolute atomic E-state index is 5.53. The van der Waals surface area contributed by atoms with Gasteiger partial charge in [-0.15, -0.1) is 0 Å². The van der Waals surface area contributed by atoms with E-state index >= 15 is 0 Å². The summed E-state index contributed by atoms with van der Waals surface area (Å²) in [5.74, 6) is 0.989. The van der Waals surface area contributed by atoms with Crippen molar-refractivity contribution in [1.29, 1.82) is 0 Å². The zero-order chi connectivity index (χ0) is 9.80. The van der Waals surface area contributed by atoms with Gasteiger partial charge in [0.1, 0.15) is 5.76 Å². The third kappa shape index (κ3) is 2.36. The number of ether oxygens (including phenoxy) is 1. The molecule has 2 atom stereocenters. The van der Waals surface area contributed by atoms with Gasteiger partial charge < -0.3 is 14.5 Å². The predicted octanol–water partition coefficient (Wildman–Crippen LogP) is 2.11. The number of nitrogens with one attached hydrogen (secondary N) is 1. The monoisotopic (exact) mass is 195 g/mol. The van der Waals surface area contributed by atoms with E-state index in [4.69, 9.17) is 9.15 Å². The van der Waals surface area contributed by atoms with Crippen LogP contribution >= 0.6 is 0 Å². The Kier molecular flexibility index (Phi) is 3.22. The van der Waals surface area contributed by atoms with Crippen molar-refractivity contribution in [3.8, 4) is 0 Å². The van der Waals surface area contributed by atoms with Gasteiger partial charge in [-0.3, -0.25) is 0 Å². The summed E-state index contributed by atoms with van der Waals surface area (Å²) in [6.07, 6.45) is 4.48. The quantitative estimate of drug-likeness (QED) is 0.799. The average Bonchev–Trinajstić information content (AvgIpc) is 2.87. The number of furan rings is 1. The van der Waals surface area contributed by atoms with Crippen LogP contribution in [-0.2, 0) is 4.74 Å². The summed E-state index contributed by atoms with van der Waals surface area (Å²) in [6, 6.07) is 4.18. The Bertz CT molecular complexity index is 252. The van der Waals surface area contributed by atoms with Crippen LogP contribution in [0.5, 0.6) is 0 Å². The lowest BCUT2D eigenvalue weighted by molar-refractivity contribution is 0.107. The van der Waals surface area contributed by atoms with Gasteiger partial charge in [-0.1, -0.05) is 0 Å². The zero-order valence-corrected chi connectivity index (χ0v) is 8.53. The van der Waals surface area contributed by atoms with Crippen molar-refractivity contribution in [2.75, 3.05) is 13.2 Å². The molecule has 78 valence electrons. The van der Waals surface area contributed by atoms with Crippen molar-refractivity contribution in [3.63, 3.8) is 0 Å². The van der Waals surface area contributed by atoms with Gasteiger partial charge in [-0.25, -0.2) is 0 Å². The fraction of sp³-hybridized carbons (Fsp3) is 0.636. The summed E-state index contributed by atoms with van der Waals surface area (Å²) in [5.41, 5.74) is 0. The van der Waals surface area contributed by atoms with Crippen molar-refractivity contribution in [1.82, 2.24) is 5.32 Å². The first kappa shape index (κ1) is 9.74. The summed E-state index contributed by atoms with van der Waals surface area (Å²) in [7, 11) is 0. The largest absolute Gasteiger partial charge is 0.468 e. The minimum Gasteiger partial charge on any atom is -0.468 e. The van der Waals surface area contributed by atoms with Gasteiger partial charge in [0.15, 0.2) is 0 Å². The number of rotatable bonds is 4. The van der Waals surface area contributed by atoms with Crippen LogP contribution in [-0.4, -0.2) is 19.3 Å². The highest BCUT2D eigenvalue weighted by Gasteiger charge is 2.16. The second kappa shape index (κ2) is 4.62. The molecule has 0 radical (unpaired) electrons. The molecule has 0 saturated carbocycles. The van der Waals surface area contributed by atoms with Crippen molar-refractivity contribution < 1.29 is 9.15 Å². The Labute approximate surface area is 84.4 Å². The molecular weight excluding hydrogens is 178 g/mol. The summed E-state index contributed by atoms with van der Waals surface area (Å²) < 4.78 is 10.8. The molecule has 0 amide bonds. The molecule has 0 aliphatic carbocycles. The maximum Gasteiger partial charge on any atom is 0.120 e. The van der Waals surface area contributed by atoms with Crippen molar-refractivity contribution in [3.05, 3.63) is 24.2 Å². The van der Waals surface area contributed by atoms with Crippen LogP contribution in [0.4, 0.5) is 0 Å². The molecule has 1 aromatic heterocycles. The second-order valence-corrected chi connectivity index (χ2v) is 3.78. The normalized spacial score (nSPS) is 23.9. The third-order valence-corrected chi connectivity index (χ3v) is 2.65. The first-order valence-electron chi connectivity index (χ1n) is 5.24. The van der Waals surface area contributed by atoms with Crippen LogP contribution in [0, 0.1) is 0 Å².